The molecule has 154 valence electrons. The molecule has 2 aromatic rings. The van der Waals surface area contributed by atoms with Crippen LogP contribution < -0.4 is 15.8 Å². The van der Waals surface area contributed by atoms with E-state index in [0.717, 1.165) is 36.6 Å². The van der Waals surface area contributed by atoms with Crippen LogP contribution in [0.25, 0.3) is 0 Å². The van der Waals surface area contributed by atoms with Crippen LogP contribution >= 0.6 is 11.6 Å². The van der Waals surface area contributed by atoms with Crippen LogP contribution in [0.5, 0.6) is 5.75 Å². The smallest absolute Gasteiger partial charge is 0.284 e. The quantitative estimate of drug-likeness (QED) is 0.352. The first-order valence-electron chi connectivity index (χ1n) is 9.06. The highest BCUT2D eigenvalue weighted by atomic mass is 35.5. The fourth-order valence-corrected chi connectivity index (χ4v) is 2.56. The Bertz CT molecular complexity index is 897. The third-order valence-corrected chi connectivity index (χ3v) is 4.21. The highest BCUT2D eigenvalue weighted by molar-refractivity contribution is 6.31. The molecule has 2 rings (SSSR count). The number of nitrogens with two attached hydrogens (primary N) is 1. The summed E-state index contributed by atoms with van der Waals surface area (Å²) in [5.41, 5.74) is 5.70. The molecule has 0 bridgehead atoms. The van der Waals surface area contributed by atoms with Crippen LogP contribution in [0.3, 0.4) is 0 Å². The van der Waals surface area contributed by atoms with E-state index in [2.05, 4.69) is 17.2 Å². The molecule has 0 aliphatic rings. The average molecular weight is 422 g/mol. The van der Waals surface area contributed by atoms with E-state index in [0.29, 0.717) is 23.9 Å². The number of carbonyl (C=O) groups excluding carboxylic acids is 1. The zero-order chi connectivity index (χ0) is 21.2. The molecule has 0 spiro atoms. The van der Waals surface area contributed by atoms with Gasteiger partial charge in [0.1, 0.15) is 28.8 Å². The van der Waals surface area contributed by atoms with E-state index in [4.69, 9.17) is 22.1 Å². The second-order valence-electron chi connectivity index (χ2n) is 6.11. The van der Waals surface area contributed by atoms with Crippen molar-refractivity contribution < 1.29 is 18.3 Å². The molecule has 8 heteroatoms. The zero-order valence-electron chi connectivity index (χ0n) is 15.9. The van der Waals surface area contributed by atoms with E-state index < -0.39 is 23.1 Å². The Morgan fingerprint density at radius 3 is 2.66 bits per heavy atom. The van der Waals surface area contributed by atoms with Crippen molar-refractivity contribution in [3.05, 3.63) is 76.5 Å². The molecule has 0 fully saturated rings. The second kappa shape index (κ2) is 11.2. The van der Waals surface area contributed by atoms with E-state index in [9.17, 15) is 13.6 Å². The summed E-state index contributed by atoms with van der Waals surface area (Å²) in [6, 6.07) is 8.53. The minimum absolute atomic E-state index is 0.198. The van der Waals surface area contributed by atoms with Crippen LogP contribution in [0.4, 0.5) is 8.78 Å². The van der Waals surface area contributed by atoms with Crippen LogP contribution in [0.1, 0.15) is 35.7 Å². The number of benzene rings is 2. The van der Waals surface area contributed by atoms with E-state index in [-0.39, 0.29) is 5.84 Å². The first kappa shape index (κ1) is 22.4. The number of hydrogen-bond acceptors (Lipinski definition) is 3. The standard InChI is InChI=1S/C21H22ClF2N3O2/c1-2-3-11-29-15-8-7-14(16(22)12-15)13-26-10-9-19(25)27-21(28)20-17(23)5-4-6-18(20)24/h4-10,12,26H,2-3,11,13H2,1H3,(H2,25,27,28)/b10-9-. The molecule has 0 radical (unpaired) electrons. The van der Waals surface area contributed by atoms with Crippen molar-refractivity contribution >= 4 is 23.3 Å². The Morgan fingerprint density at radius 2 is 2.00 bits per heavy atom. The molecule has 0 aliphatic heterocycles. The average Bonchev–Trinajstić information content (AvgIpc) is 2.66. The monoisotopic (exact) mass is 421 g/mol. The number of rotatable bonds is 9. The Kier molecular flexibility index (Phi) is 8.61. The number of aliphatic imine (C=N–C) groups is 1. The van der Waals surface area contributed by atoms with E-state index in [1.165, 1.54) is 12.3 Å². The minimum Gasteiger partial charge on any atom is -0.494 e. The molecule has 0 saturated heterocycles. The molecule has 0 saturated carbocycles. The van der Waals surface area contributed by atoms with Gasteiger partial charge < -0.3 is 15.8 Å². The number of nitrogens with one attached hydrogen (secondary N) is 1. The van der Waals surface area contributed by atoms with Gasteiger partial charge in [0, 0.05) is 17.8 Å². The third-order valence-electron chi connectivity index (χ3n) is 3.86. The molecule has 0 aromatic heterocycles. The Labute approximate surface area is 173 Å². The predicted octanol–water partition coefficient (Wildman–Crippen LogP) is 4.60. The third kappa shape index (κ3) is 6.87. The summed E-state index contributed by atoms with van der Waals surface area (Å²) < 4.78 is 32.7. The highest BCUT2D eigenvalue weighted by Crippen LogP contribution is 2.22. The number of halogens is 3. The number of carbonyl (C=O) groups is 1. The summed E-state index contributed by atoms with van der Waals surface area (Å²) in [6.07, 6.45) is 4.80. The van der Waals surface area contributed by atoms with Gasteiger partial charge in [-0.15, -0.1) is 0 Å². The van der Waals surface area contributed by atoms with Gasteiger partial charge in [0.2, 0.25) is 0 Å². The number of amides is 1. The summed E-state index contributed by atoms with van der Waals surface area (Å²) in [5, 5.41) is 3.50. The van der Waals surface area contributed by atoms with Crippen LogP contribution in [0.2, 0.25) is 5.02 Å². The Hall–Kier alpha value is -2.93. The van der Waals surface area contributed by atoms with Crippen LogP contribution in [0.15, 0.2) is 53.7 Å². The summed E-state index contributed by atoms with van der Waals surface area (Å²) in [7, 11) is 0. The number of ether oxygens (including phenoxy) is 1. The first-order valence-corrected chi connectivity index (χ1v) is 9.43. The molecule has 0 atom stereocenters. The zero-order valence-corrected chi connectivity index (χ0v) is 16.7. The summed E-state index contributed by atoms with van der Waals surface area (Å²) in [4.78, 5) is 15.4. The summed E-state index contributed by atoms with van der Waals surface area (Å²) in [5.74, 6) is -2.57. The lowest BCUT2D eigenvalue weighted by molar-refractivity contribution is 0.0995. The van der Waals surface area contributed by atoms with Gasteiger partial charge in [0.15, 0.2) is 0 Å². The lowest BCUT2D eigenvalue weighted by Gasteiger charge is -2.09. The van der Waals surface area contributed by atoms with Gasteiger partial charge in [-0.25, -0.2) is 8.78 Å². The van der Waals surface area contributed by atoms with Crippen molar-refractivity contribution in [2.24, 2.45) is 10.7 Å². The number of hydrogen-bond donors (Lipinski definition) is 2. The number of amidine groups is 1. The molecule has 2 aromatic carbocycles. The highest BCUT2D eigenvalue weighted by Gasteiger charge is 2.16. The van der Waals surface area contributed by atoms with Crippen LogP contribution in [0, 0.1) is 11.6 Å². The molecule has 0 unspecified atom stereocenters. The Morgan fingerprint density at radius 1 is 1.28 bits per heavy atom. The molecular weight excluding hydrogens is 400 g/mol. The molecule has 5 nitrogen and oxygen atoms in total. The molecular formula is C21H22ClF2N3O2. The van der Waals surface area contributed by atoms with Crippen molar-refractivity contribution in [1.29, 1.82) is 0 Å². The lowest BCUT2D eigenvalue weighted by Crippen LogP contribution is -2.15. The van der Waals surface area contributed by atoms with Crippen molar-refractivity contribution in [3.63, 3.8) is 0 Å². The predicted molar refractivity (Wildman–Crippen MR) is 110 cm³/mol. The summed E-state index contributed by atoms with van der Waals surface area (Å²) in [6.45, 7) is 3.12. The topological polar surface area (TPSA) is 76.7 Å². The van der Waals surface area contributed by atoms with Crippen molar-refractivity contribution in [2.75, 3.05) is 6.61 Å². The van der Waals surface area contributed by atoms with Crippen LogP contribution in [-0.2, 0) is 6.54 Å². The van der Waals surface area contributed by atoms with Gasteiger partial charge in [0.05, 0.1) is 6.61 Å². The molecule has 0 aliphatic carbocycles. The number of nitrogens with zero attached hydrogens (tertiary/aromatic N) is 1. The summed E-state index contributed by atoms with van der Waals surface area (Å²) >= 11 is 6.24. The fraction of sp³-hybridized carbons (Fsp3) is 0.238. The second-order valence-corrected chi connectivity index (χ2v) is 6.52. The van der Waals surface area contributed by atoms with E-state index >= 15 is 0 Å². The minimum atomic E-state index is -1.09. The number of unbranched alkanes of at least 4 members (excludes halogenated alkanes) is 1. The SMILES string of the molecule is CCCCOc1ccc(CN/C=C\C(N)=NC(=O)c2c(F)cccc2F)c(Cl)c1. The Balaban J connectivity index is 1.91. The maximum absolute atomic E-state index is 13.6. The van der Waals surface area contributed by atoms with Gasteiger partial charge in [-0.2, -0.15) is 4.99 Å². The van der Waals surface area contributed by atoms with Gasteiger partial charge >= 0.3 is 0 Å². The molecule has 1 amide bonds. The van der Waals surface area contributed by atoms with E-state index in [1.807, 2.05) is 12.1 Å². The van der Waals surface area contributed by atoms with Crippen molar-refractivity contribution in [1.82, 2.24) is 5.32 Å². The maximum atomic E-state index is 13.6. The molecule has 29 heavy (non-hydrogen) atoms. The lowest BCUT2D eigenvalue weighted by atomic mass is 10.2. The van der Waals surface area contributed by atoms with Crippen molar-refractivity contribution in [3.8, 4) is 5.75 Å². The van der Waals surface area contributed by atoms with E-state index in [1.54, 1.807) is 6.07 Å². The normalized spacial score (nSPS) is 11.7. The van der Waals surface area contributed by atoms with Crippen LogP contribution in [-0.4, -0.2) is 18.3 Å². The molecule has 0 heterocycles. The fourth-order valence-electron chi connectivity index (χ4n) is 2.32. The van der Waals surface area contributed by atoms with Crippen molar-refractivity contribution in [2.45, 2.75) is 26.3 Å². The largest absolute Gasteiger partial charge is 0.494 e. The van der Waals surface area contributed by atoms with Gasteiger partial charge in [-0.05, 0) is 42.3 Å². The first-order chi connectivity index (χ1) is 13.9. The molecule has 3 N–H and O–H groups in total. The van der Waals surface area contributed by atoms with Gasteiger partial charge in [0.25, 0.3) is 5.91 Å². The maximum Gasteiger partial charge on any atom is 0.284 e. The van der Waals surface area contributed by atoms with Gasteiger partial charge in [-0.1, -0.05) is 37.1 Å². The van der Waals surface area contributed by atoms with Gasteiger partial charge in [-0.3, -0.25) is 4.79 Å².